The van der Waals surface area contributed by atoms with E-state index in [-0.39, 0.29) is 5.78 Å². The number of hydrogen-bond donors (Lipinski definition) is 1. The van der Waals surface area contributed by atoms with Crippen LogP contribution in [0.4, 0.5) is 0 Å². The molecule has 1 heterocycles. The van der Waals surface area contributed by atoms with E-state index in [0.717, 1.165) is 0 Å². The van der Waals surface area contributed by atoms with E-state index in [2.05, 4.69) is 69.0 Å². The number of alkyl halides is 4. The fourth-order valence-electron chi connectivity index (χ4n) is 0.805. The maximum Gasteiger partial charge on any atom is 0.190 e. The Morgan fingerprint density at radius 1 is 1.09 bits per heavy atom. The van der Waals surface area contributed by atoms with Crippen molar-refractivity contribution in [2.24, 2.45) is 0 Å². The number of hydrogen-bond acceptors (Lipinski definition) is 2. The van der Waals surface area contributed by atoms with Gasteiger partial charge in [-0.15, -0.1) is 0 Å². The number of ketones is 1. The summed E-state index contributed by atoms with van der Waals surface area (Å²) in [4.78, 5) is 11.5. The van der Waals surface area contributed by atoms with Gasteiger partial charge in [-0.25, -0.2) is 0 Å². The number of carbonyl (C=O) groups excluding carboxylic acids is 1. The monoisotopic (exact) mass is 411 g/mol. The second kappa shape index (κ2) is 3.36. The molecule has 64 valence electrons. The smallest absolute Gasteiger partial charge is 0.190 e. The molecule has 0 amide bonds. The predicted octanol–water partition coefficient (Wildman–Crippen LogP) is 2.13. The Morgan fingerprint density at radius 2 is 1.45 bits per heavy atom. The lowest BCUT2D eigenvalue weighted by atomic mass is 10.1. The zero-order valence-electron chi connectivity index (χ0n) is 5.33. The second-order valence-corrected chi connectivity index (χ2v) is 9.88. The highest BCUT2D eigenvalue weighted by Crippen LogP contribution is 2.41. The first kappa shape index (κ1) is 10.6. The summed E-state index contributed by atoms with van der Waals surface area (Å²) in [5.41, 5.74) is 0. The van der Waals surface area contributed by atoms with Crippen molar-refractivity contribution in [2.75, 3.05) is 13.1 Å². The van der Waals surface area contributed by atoms with Gasteiger partial charge in [-0.1, -0.05) is 63.7 Å². The summed E-state index contributed by atoms with van der Waals surface area (Å²) in [6.45, 7) is 1.18. The third kappa shape index (κ3) is 2.27. The van der Waals surface area contributed by atoms with Gasteiger partial charge in [0.15, 0.2) is 12.3 Å². The molecule has 0 aromatic rings. The molecular weight excluding hydrogens is 410 g/mol. The van der Waals surface area contributed by atoms with E-state index in [1.165, 1.54) is 0 Å². The lowest BCUT2D eigenvalue weighted by Crippen LogP contribution is -2.55. The Morgan fingerprint density at radius 3 is 1.73 bits per heavy atom. The van der Waals surface area contributed by atoms with Crippen molar-refractivity contribution in [3.05, 3.63) is 0 Å². The van der Waals surface area contributed by atoms with Gasteiger partial charge in [-0.2, -0.15) is 0 Å². The zero-order chi connectivity index (χ0) is 8.70. The van der Waals surface area contributed by atoms with Gasteiger partial charge in [0.05, 0.1) is 0 Å². The average molecular weight is 415 g/mol. The van der Waals surface area contributed by atoms with Crippen LogP contribution in [0.2, 0.25) is 0 Å². The van der Waals surface area contributed by atoms with E-state index in [0.29, 0.717) is 13.1 Å². The molecule has 1 saturated heterocycles. The molecule has 1 N–H and O–H groups in total. The van der Waals surface area contributed by atoms with Crippen LogP contribution in [0.15, 0.2) is 0 Å². The van der Waals surface area contributed by atoms with Gasteiger partial charge in [0.25, 0.3) is 0 Å². The van der Waals surface area contributed by atoms with E-state index in [9.17, 15) is 4.79 Å². The normalized spacial score (nSPS) is 28.5. The molecule has 6 heteroatoms. The van der Waals surface area contributed by atoms with E-state index in [1.807, 2.05) is 0 Å². The Labute approximate surface area is 98.4 Å². The highest BCUT2D eigenvalue weighted by atomic mass is 79.9. The molecule has 0 saturated carbocycles. The zero-order valence-corrected chi connectivity index (χ0v) is 11.7. The van der Waals surface area contributed by atoms with Crippen molar-refractivity contribution in [3.8, 4) is 0 Å². The third-order valence-corrected chi connectivity index (χ3v) is 3.92. The first-order valence-corrected chi connectivity index (χ1v) is 6.05. The number of Topliss-reactive ketones (excluding diaryl/α,β-unsaturated/α-hetero) is 1. The Bertz CT molecular complexity index is 173. The highest BCUT2D eigenvalue weighted by molar-refractivity contribution is 9.27. The van der Waals surface area contributed by atoms with Gasteiger partial charge in [0.2, 0.25) is 0 Å². The molecule has 1 aliphatic rings. The van der Waals surface area contributed by atoms with Crippen molar-refractivity contribution in [2.45, 2.75) is 6.47 Å². The lowest BCUT2D eigenvalue weighted by Gasteiger charge is -2.33. The van der Waals surface area contributed by atoms with Gasteiger partial charge in [-0.3, -0.25) is 4.79 Å². The van der Waals surface area contributed by atoms with Crippen LogP contribution in [0, 0.1) is 0 Å². The van der Waals surface area contributed by atoms with E-state index in [4.69, 9.17) is 0 Å². The molecule has 1 fully saturated rings. The number of halogens is 4. The van der Waals surface area contributed by atoms with Gasteiger partial charge in [-0.05, 0) is 0 Å². The van der Waals surface area contributed by atoms with Crippen molar-refractivity contribution >= 4 is 69.5 Å². The van der Waals surface area contributed by atoms with Crippen molar-refractivity contribution in [1.29, 1.82) is 0 Å². The molecule has 1 aliphatic heterocycles. The van der Waals surface area contributed by atoms with Crippen molar-refractivity contribution in [3.63, 3.8) is 0 Å². The molecule has 0 aromatic carbocycles. The topological polar surface area (TPSA) is 29.1 Å². The number of nitrogens with one attached hydrogen (secondary N) is 1. The number of rotatable bonds is 0. The van der Waals surface area contributed by atoms with Crippen LogP contribution in [-0.2, 0) is 4.79 Å². The Hall–Kier alpha value is 1.55. The summed E-state index contributed by atoms with van der Waals surface area (Å²) in [7, 11) is 0. The van der Waals surface area contributed by atoms with Gasteiger partial charge < -0.3 is 5.32 Å². The average Bonchev–Trinajstić information content (AvgIpc) is 1.82. The maximum absolute atomic E-state index is 11.5. The van der Waals surface area contributed by atoms with Crippen LogP contribution < -0.4 is 5.32 Å². The van der Waals surface area contributed by atoms with Crippen LogP contribution >= 0.6 is 63.7 Å². The molecule has 0 bridgehead atoms. The third-order valence-electron chi connectivity index (χ3n) is 1.36. The molecule has 0 aliphatic carbocycles. The standard InChI is InChI=1S/C5H5Br4NO/c6-4(7)1-10-2-5(8,9)3(4)11/h10H,1-2H2. The Balaban J connectivity index is 2.85. The summed E-state index contributed by atoms with van der Waals surface area (Å²) in [5.74, 6) is 0.0451. The maximum atomic E-state index is 11.5. The fraction of sp³-hybridized carbons (Fsp3) is 0.800. The van der Waals surface area contributed by atoms with Gasteiger partial charge in [0, 0.05) is 13.1 Å². The minimum Gasteiger partial charge on any atom is -0.311 e. The quantitative estimate of drug-likeness (QED) is 0.615. The predicted molar refractivity (Wildman–Crippen MR) is 59.0 cm³/mol. The molecule has 11 heavy (non-hydrogen) atoms. The summed E-state index contributed by atoms with van der Waals surface area (Å²) in [5, 5.41) is 3.09. The molecule has 0 radical (unpaired) electrons. The molecule has 2 nitrogen and oxygen atoms in total. The van der Waals surface area contributed by atoms with Crippen LogP contribution in [0.25, 0.3) is 0 Å². The summed E-state index contributed by atoms with van der Waals surface area (Å²) >= 11 is 13.1. The highest BCUT2D eigenvalue weighted by Gasteiger charge is 2.48. The summed E-state index contributed by atoms with van der Waals surface area (Å²) < 4.78 is -1.30. The molecule has 1 rings (SSSR count). The van der Waals surface area contributed by atoms with Crippen molar-refractivity contribution in [1.82, 2.24) is 5.32 Å². The van der Waals surface area contributed by atoms with E-state index >= 15 is 0 Å². The van der Waals surface area contributed by atoms with Gasteiger partial charge >= 0.3 is 0 Å². The first-order chi connectivity index (χ1) is 4.86. The molecular formula is C5H5Br4NO. The van der Waals surface area contributed by atoms with E-state index in [1.54, 1.807) is 0 Å². The molecule has 0 spiro atoms. The fourth-order valence-corrected chi connectivity index (χ4v) is 4.02. The molecule has 0 aromatic heterocycles. The van der Waals surface area contributed by atoms with Crippen LogP contribution in [0.5, 0.6) is 0 Å². The molecule has 0 unspecified atom stereocenters. The van der Waals surface area contributed by atoms with Crippen LogP contribution in [-0.4, -0.2) is 25.3 Å². The van der Waals surface area contributed by atoms with Crippen molar-refractivity contribution < 1.29 is 4.79 Å². The Kier molecular flexibility index (Phi) is 3.25. The van der Waals surface area contributed by atoms with Crippen LogP contribution in [0.3, 0.4) is 0 Å². The largest absolute Gasteiger partial charge is 0.311 e. The minimum absolute atomic E-state index is 0.0451. The van der Waals surface area contributed by atoms with Crippen LogP contribution in [0.1, 0.15) is 0 Å². The number of carbonyl (C=O) groups is 1. The number of piperidine rings is 1. The lowest BCUT2D eigenvalue weighted by molar-refractivity contribution is -0.119. The van der Waals surface area contributed by atoms with E-state index < -0.39 is 6.47 Å². The van der Waals surface area contributed by atoms with Gasteiger partial charge in [0.1, 0.15) is 0 Å². The minimum atomic E-state index is -0.648. The molecule has 0 atom stereocenters. The second-order valence-electron chi connectivity index (χ2n) is 2.34. The SMILES string of the molecule is O=C1C(Br)(Br)CNCC1(Br)Br. The first-order valence-electron chi connectivity index (χ1n) is 2.87. The summed E-state index contributed by atoms with van der Waals surface area (Å²) in [6.07, 6.45) is 0. The summed E-state index contributed by atoms with van der Waals surface area (Å²) in [6, 6.07) is 0.